The average molecular weight is 646 g/mol. The Morgan fingerprint density at radius 1 is 1.00 bits per heavy atom. The number of imidazole rings is 1. The number of anilines is 2. The lowest BCUT2D eigenvalue weighted by Gasteiger charge is -2.34. The molecule has 9 heteroatoms. The molecule has 1 amide bonds. The number of rotatable bonds is 16. The van der Waals surface area contributed by atoms with Gasteiger partial charge in [0.25, 0.3) is 0 Å². The molecular formula is C37H51N5O3S. The Labute approximate surface area is 278 Å². The van der Waals surface area contributed by atoms with Crippen LogP contribution in [0.1, 0.15) is 68.8 Å². The second-order valence-corrected chi connectivity index (χ2v) is 14.5. The van der Waals surface area contributed by atoms with Gasteiger partial charge in [-0.15, -0.1) is 11.3 Å². The fourth-order valence-corrected chi connectivity index (χ4v) is 6.59. The summed E-state index contributed by atoms with van der Waals surface area (Å²) in [5.41, 5.74) is 4.04. The number of hydrogen-bond acceptors (Lipinski definition) is 7. The summed E-state index contributed by atoms with van der Waals surface area (Å²) in [6.45, 7) is 16.8. The Bertz CT molecular complexity index is 1580. The van der Waals surface area contributed by atoms with E-state index in [9.17, 15) is 9.59 Å². The zero-order chi connectivity index (χ0) is 33.4. The lowest BCUT2D eigenvalue weighted by atomic mass is 9.82. The molecule has 4 rings (SSSR count). The normalized spacial score (nSPS) is 12.0. The van der Waals surface area contributed by atoms with Gasteiger partial charge in [-0.2, -0.15) is 0 Å². The number of aromatic nitrogens is 2. The van der Waals surface area contributed by atoms with Crippen LogP contribution in [0.25, 0.3) is 11.0 Å². The number of hydrogen-bond donors (Lipinski definition) is 1. The van der Waals surface area contributed by atoms with Crippen molar-refractivity contribution in [2.24, 2.45) is 11.8 Å². The molecule has 0 radical (unpaired) electrons. The molecule has 0 saturated carbocycles. The Morgan fingerprint density at radius 2 is 1.70 bits per heavy atom. The third-order valence-corrected chi connectivity index (χ3v) is 9.19. The van der Waals surface area contributed by atoms with Crippen molar-refractivity contribution in [1.29, 1.82) is 0 Å². The molecule has 2 aromatic heterocycles. The van der Waals surface area contributed by atoms with E-state index >= 15 is 0 Å². The van der Waals surface area contributed by atoms with E-state index in [0.29, 0.717) is 28.3 Å². The summed E-state index contributed by atoms with van der Waals surface area (Å²) >= 11 is 1.34. The molecule has 0 aliphatic heterocycles. The number of benzene rings is 2. The van der Waals surface area contributed by atoms with Crippen LogP contribution in [0.3, 0.4) is 0 Å². The highest BCUT2D eigenvalue weighted by atomic mass is 32.1. The van der Waals surface area contributed by atoms with Crippen molar-refractivity contribution in [3.63, 3.8) is 0 Å². The number of fused-ring (bicyclic) bond motifs is 1. The van der Waals surface area contributed by atoms with Crippen LogP contribution in [-0.2, 0) is 27.9 Å². The van der Waals surface area contributed by atoms with Crippen LogP contribution in [0.15, 0.2) is 60.0 Å². The van der Waals surface area contributed by atoms with Gasteiger partial charge in [0, 0.05) is 26.2 Å². The summed E-state index contributed by atoms with van der Waals surface area (Å²) in [5, 5.41) is 5.30. The summed E-state index contributed by atoms with van der Waals surface area (Å²) in [6, 6.07) is 18.6. The van der Waals surface area contributed by atoms with Crippen molar-refractivity contribution in [2.75, 3.05) is 45.7 Å². The topological polar surface area (TPSA) is 79.7 Å². The van der Waals surface area contributed by atoms with E-state index in [4.69, 9.17) is 9.72 Å². The molecule has 8 nitrogen and oxygen atoms in total. The fourth-order valence-electron chi connectivity index (χ4n) is 5.83. The molecular weight excluding hydrogens is 595 g/mol. The maximum absolute atomic E-state index is 14.1. The van der Waals surface area contributed by atoms with Gasteiger partial charge in [-0.1, -0.05) is 64.1 Å². The lowest BCUT2D eigenvalue weighted by Crippen LogP contribution is -2.46. The smallest absolute Gasteiger partial charge is 0.350 e. The minimum Gasteiger partial charge on any atom is -0.465 e. The number of nitrogens with zero attached hydrogens (tertiary/aromatic N) is 4. The summed E-state index contributed by atoms with van der Waals surface area (Å²) in [4.78, 5) is 36.4. The van der Waals surface area contributed by atoms with E-state index in [2.05, 4.69) is 79.9 Å². The third-order valence-electron chi connectivity index (χ3n) is 8.29. The largest absolute Gasteiger partial charge is 0.465 e. The monoisotopic (exact) mass is 645 g/mol. The number of aryl methyl sites for hydroxylation is 1. The Kier molecular flexibility index (Phi) is 12.0. The van der Waals surface area contributed by atoms with Gasteiger partial charge in [0.1, 0.15) is 4.88 Å². The minimum absolute atomic E-state index is 0.139. The van der Waals surface area contributed by atoms with E-state index in [1.807, 2.05) is 48.4 Å². The van der Waals surface area contributed by atoms with Crippen molar-refractivity contribution in [3.8, 4) is 0 Å². The van der Waals surface area contributed by atoms with Gasteiger partial charge in [-0.25, -0.2) is 9.78 Å². The zero-order valence-corrected chi connectivity index (χ0v) is 29.6. The molecule has 2 heterocycles. The predicted molar refractivity (Wildman–Crippen MR) is 190 cm³/mol. The summed E-state index contributed by atoms with van der Waals surface area (Å²) in [7, 11) is 3.55. The highest BCUT2D eigenvalue weighted by molar-refractivity contribution is 7.12. The van der Waals surface area contributed by atoms with E-state index in [1.54, 1.807) is 0 Å². The highest BCUT2D eigenvalue weighted by Gasteiger charge is 2.35. The Morgan fingerprint density at radius 3 is 2.35 bits per heavy atom. The van der Waals surface area contributed by atoms with E-state index in [0.717, 1.165) is 62.2 Å². The summed E-state index contributed by atoms with van der Waals surface area (Å²) in [5.74, 6) is 1.19. The van der Waals surface area contributed by atoms with Crippen LogP contribution in [0, 0.1) is 11.8 Å². The number of ether oxygens (including phenoxy) is 1. The average Bonchev–Trinajstić information content (AvgIpc) is 3.63. The van der Waals surface area contributed by atoms with Gasteiger partial charge >= 0.3 is 5.97 Å². The molecule has 4 aromatic rings. The Balaban J connectivity index is 1.63. The van der Waals surface area contributed by atoms with E-state index < -0.39 is 5.41 Å². The molecule has 0 unspecified atom stereocenters. The van der Waals surface area contributed by atoms with Crippen LogP contribution >= 0.6 is 11.3 Å². The number of esters is 1. The number of carbonyl (C=O) groups excluding carboxylic acids is 2. The third kappa shape index (κ3) is 8.76. The lowest BCUT2D eigenvalue weighted by molar-refractivity contribution is -0.137. The first-order chi connectivity index (χ1) is 21.9. The standard InChI is InChI=1S/C37H51N5O3S/c1-26(2)24-41(25-27(3)4)35(44)37(5,6)29-15-16-30-32(23-29)42(20-12-19-40(7)21-17-28-13-10-9-11-14-28)36(38-30)39-31-18-22-46-33(31)34(43)45-8/h9-11,13-16,18,22-23,26-27H,12,17,19-21,24-25H2,1-8H3,(H,38,39). The van der Waals surface area contributed by atoms with Gasteiger partial charge < -0.3 is 24.4 Å². The molecule has 0 bridgehead atoms. The maximum atomic E-state index is 14.1. The van der Waals surface area contributed by atoms with Crippen molar-refractivity contribution in [2.45, 2.75) is 66.3 Å². The molecule has 0 spiro atoms. The number of methoxy groups -OCH3 is 1. The SMILES string of the molecule is COC(=O)c1sccc1Nc1nc2ccc(C(C)(C)C(=O)N(CC(C)C)CC(C)C)cc2n1CCCN(C)CCc1ccccc1. The van der Waals surface area contributed by atoms with Crippen molar-refractivity contribution >= 4 is 45.9 Å². The predicted octanol–water partition coefficient (Wildman–Crippen LogP) is 7.61. The van der Waals surface area contributed by atoms with E-state index in [1.165, 1.54) is 24.0 Å². The first kappa shape index (κ1) is 35.2. The van der Waals surface area contributed by atoms with Crippen LogP contribution in [0.5, 0.6) is 0 Å². The van der Waals surface area contributed by atoms with Crippen LogP contribution in [0.2, 0.25) is 0 Å². The molecule has 0 atom stereocenters. The highest BCUT2D eigenvalue weighted by Crippen LogP contribution is 2.33. The molecule has 0 saturated heterocycles. The number of thiophene rings is 1. The number of amides is 1. The van der Waals surface area contributed by atoms with Gasteiger partial charge in [-0.3, -0.25) is 4.79 Å². The maximum Gasteiger partial charge on any atom is 0.350 e. The van der Waals surface area contributed by atoms with Gasteiger partial charge in [0.15, 0.2) is 0 Å². The summed E-state index contributed by atoms with van der Waals surface area (Å²) in [6.07, 6.45) is 1.91. The van der Waals surface area contributed by atoms with Crippen LogP contribution in [0.4, 0.5) is 11.6 Å². The van der Waals surface area contributed by atoms with Crippen molar-refractivity contribution < 1.29 is 14.3 Å². The van der Waals surface area contributed by atoms with Crippen molar-refractivity contribution in [3.05, 3.63) is 76.0 Å². The first-order valence-electron chi connectivity index (χ1n) is 16.4. The number of carbonyl (C=O) groups is 2. The van der Waals surface area contributed by atoms with Crippen LogP contribution in [-0.4, -0.2) is 71.6 Å². The molecule has 248 valence electrons. The van der Waals surface area contributed by atoms with Gasteiger partial charge in [0.05, 0.1) is 29.2 Å². The fraction of sp³-hybridized carbons (Fsp3) is 0.486. The summed E-state index contributed by atoms with van der Waals surface area (Å²) < 4.78 is 7.20. The molecule has 0 aliphatic carbocycles. The van der Waals surface area contributed by atoms with Crippen molar-refractivity contribution in [1.82, 2.24) is 19.4 Å². The minimum atomic E-state index is -0.719. The first-order valence-corrected chi connectivity index (χ1v) is 17.2. The van der Waals surface area contributed by atoms with Gasteiger partial charge in [-0.05, 0) is 86.8 Å². The molecule has 0 fully saturated rings. The zero-order valence-electron chi connectivity index (χ0n) is 28.8. The molecule has 0 aliphatic rings. The second kappa shape index (κ2) is 15.7. The van der Waals surface area contributed by atoms with E-state index in [-0.39, 0.29) is 11.9 Å². The number of likely N-dealkylation sites (N-methyl/N-ethyl adjacent to an activating group) is 1. The quantitative estimate of drug-likeness (QED) is 0.126. The molecule has 46 heavy (non-hydrogen) atoms. The second-order valence-electron chi connectivity index (χ2n) is 13.6. The molecule has 2 aromatic carbocycles. The molecule has 1 N–H and O–H groups in total. The Hall–Kier alpha value is -3.69. The van der Waals surface area contributed by atoms with Gasteiger partial charge in [0.2, 0.25) is 11.9 Å². The number of nitrogens with one attached hydrogen (secondary N) is 1. The van der Waals surface area contributed by atoms with Crippen LogP contribution < -0.4 is 5.32 Å².